The van der Waals surface area contributed by atoms with E-state index in [0.717, 1.165) is 36.5 Å². The molecular weight excluding hydrogens is 366 g/mol. The molecular formula is C23H27N3O3. The number of anilines is 1. The Bertz CT molecular complexity index is 888. The number of nitrogens with zero attached hydrogens (tertiary/aromatic N) is 3. The van der Waals surface area contributed by atoms with Gasteiger partial charge in [-0.15, -0.1) is 0 Å². The van der Waals surface area contributed by atoms with Crippen LogP contribution in [0.15, 0.2) is 48.5 Å². The second-order valence-electron chi connectivity index (χ2n) is 7.57. The third kappa shape index (κ3) is 3.79. The van der Waals surface area contributed by atoms with Crippen LogP contribution in [0.4, 0.5) is 5.69 Å². The molecule has 2 aliphatic heterocycles. The predicted octanol–water partition coefficient (Wildman–Crippen LogP) is 2.49. The van der Waals surface area contributed by atoms with Gasteiger partial charge >= 0.3 is 0 Å². The van der Waals surface area contributed by atoms with Gasteiger partial charge < -0.3 is 19.4 Å². The van der Waals surface area contributed by atoms with Crippen LogP contribution in [-0.4, -0.2) is 61.4 Å². The zero-order chi connectivity index (χ0) is 20.4. The topological polar surface area (TPSA) is 53.1 Å². The number of hydrogen-bond donors (Lipinski definition) is 0. The Kier molecular flexibility index (Phi) is 5.43. The van der Waals surface area contributed by atoms with E-state index in [-0.39, 0.29) is 11.8 Å². The second-order valence-corrected chi connectivity index (χ2v) is 7.57. The molecule has 0 bridgehead atoms. The highest BCUT2D eigenvalue weighted by Crippen LogP contribution is 2.32. The molecule has 2 aromatic rings. The van der Waals surface area contributed by atoms with E-state index in [1.807, 2.05) is 47.4 Å². The van der Waals surface area contributed by atoms with Crippen LogP contribution in [-0.2, 0) is 16.0 Å². The molecule has 1 atom stereocenters. The van der Waals surface area contributed by atoms with Crippen molar-refractivity contribution in [2.24, 2.45) is 0 Å². The number of hydrogen-bond acceptors (Lipinski definition) is 4. The summed E-state index contributed by atoms with van der Waals surface area (Å²) >= 11 is 0. The van der Waals surface area contributed by atoms with Gasteiger partial charge in [-0.25, -0.2) is 0 Å². The van der Waals surface area contributed by atoms with E-state index in [1.54, 1.807) is 18.9 Å². The summed E-state index contributed by atoms with van der Waals surface area (Å²) in [6.07, 6.45) is 0.796. The molecule has 6 heteroatoms. The Morgan fingerprint density at radius 2 is 1.62 bits per heavy atom. The minimum atomic E-state index is -0.509. The number of methoxy groups -OCH3 is 1. The normalized spacial score (nSPS) is 19.0. The highest BCUT2D eigenvalue weighted by Gasteiger charge is 2.37. The maximum atomic E-state index is 13.5. The number of fused-ring (bicyclic) bond motifs is 1. The Labute approximate surface area is 171 Å². The minimum Gasteiger partial charge on any atom is -0.497 e. The van der Waals surface area contributed by atoms with Gasteiger partial charge in [0.1, 0.15) is 11.8 Å². The first kappa shape index (κ1) is 19.3. The highest BCUT2D eigenvalue weighted by atomic mass is 16.5. The summed E-state index contributed by atoms with van der Waals surface area (Å²) in [6.45, 7) is 4.98. The van der Waals surface area contributed by atoms with E-state index in [4.69, 9.17) is 4.74 Å². The maximum absolute atomic E-state index is 13.5. The first-order valence-corrected chi connectivity index (χ1v) is 10.1. The van der Waals surface area contributed by atoms with Crippen LogP contribution >= 0.6 is 0 Å². The van der Waals surface area contributed by atoms with Gasteiger partial charge in [0.15, 0.2) is 0 Å². The number of amides is 2. The number of carbonyl (C=O) groups excluding carboxylic acids is 2. The smallest absolute Gasteiger partial charge is 0.250 e. The molecule has 0 saturated carbocycles. The van der Waals surface area contributed by atoms with E-state index in [1.165, 1.54) is 5.56 Å². The van der Waals surface area contributed by atoms with Gasteiger partial charge in [0, 0.05) is 45.3 Å². The zero-order valence-electron chi connectivity index (χ0n) is 17.0. The Hall–Kier alpha value is -3.02. The minimum absolute atomic E-state index is 0.0294. The van der Waals surface area contributed by atoms with Crippen molar-refractivity contribution >= 4 is 17.5 Å². The number of carbonyl (C=O) groups is 2. The molecule has 0 aliphatic carbocycles. The quantitative estimate of drug-likeness (QED) is 0.804. The van der Waals surface area contributed by atoms with E-state index in [9.17, 15) is 9.59 Å². The maximum Gasteiger partial charge on any atom is 0.250 e. The standard InChI is InChI=1S/C23H27N3O3/c1-17(27)26-12-11-18-5-3-4-6-21(18)22(26)23(28)25-15-13-24(14-16-25)19-7-9-20(29-2)10-8-19/h3-10,22H,11-16H2,1-2H3/t22-/m0/s1. The lowest BCUT2D eigenvalue weighted by atomic mass is 9.91. The second kappa shape index (κ2) is 8.15. The molecule has 0 N–H and O–H groups in total. The molecule has 0 spiro atoms. The van der Waals surface area contributed by atoms with Crippen molar-refractivity contribution in [2.75, 3.05) is 44.7 Å². The van der Waals surface area contributed by atoms with Crippen LogP contribution < -0.4 is 9.64 Å². The molecule has 1 saturated heterocycles. The SMILES string of the molecule is COc1ccc(N2CCN(C(=O)[C@@H]3c4ccccc4CCN3C(C)=O)CC2)cc1. The number of ether oxygens (including phenoxy) is 1. The van der Waals surface area contributed by atoms with E-state index in [0.29, 0.717) is 19.6 Å². The Morgan fingerprint density at radius 3 is 2.28 bits per heavy atom. The van der Waals surface area contributed by atoms with Crippen molar-refractivity contribution in [2.45, 2.75) is 19.4 Å². The number of rotatable bonds is 3. The average molecular weight is 393 g/mol. The lowest BCUT2D eigenvalue weighted by Gasteiger charge is -2.41. The summed E-state index contributed by atoms with van der Waals surface area (Å²) < 4.78 is 5.23. The fourth-order valence-corrected chi connectivity index (χ4v) is 4.32. The van der Waals surface area contributed by atoms with E-state index >= 15 is 0 Å². The lowest BCUT2D eigenvalue weighted by molar-refractivity contribution is -0.146. The average Bonchev–Trinajstić information content (AvgIpc) is 2.78. The van der Waals surface area contributed by atoms with Gasteiger partial charge in [-0.05, 0) is 41.8 Å². The summed E-state index contributed by atoms with van der Waals surface area (Å²) in [5, 5.41) is 0. The third-order valence-electron chi connectivity index (χ3n) is 5.95. The summed E-state index contributed by atoms with van der Waals surface area (Å²) in [4.78, 5) is 31.6. The molecule has 2 aromatic carbocycles. The molecule has 6 nitrogen and oxygen atoms in total. The van der Waals surface area contributed by atoms with Crippen LogP contribution in [0, 0.1) is 0 Å². The van der Waals surface area contributed by atoms with Crippen LogP contribution in [0.3, 0.4) is 0 Å². The van der Waals surface area contributed by atoms with E-state index < -0.39 is 6.04 Å². The summed E-state index contributed by atoms with van der Waals surface area (Å²) in [5.74, 6) is 0.819. The molecule has 1 fully saturated rings. The first-order valence-electron chi connectivity index (χ1n) is 10.1. The fraction of sp³-hybridized carbons (Fsp3) is 0.391. The van der Waals surface area contributed by atoms with Gasteiger partial charge in [0.25, 0.3) is 0 Å². The van der Waals surface area contributed by atoms with Crippen molar-refractivity contribution in [1.29, 1.82) is 0 Å². The largest absolute Gasteiger partial charge is 0.497 e. The van der Waals surface area contributed by atoms with Crippen molar-refractivity contribution < 1.29 is 14.3 Å². The van der Waals surface area contributed by atoms with Crippen molar-refractivity contribution in [3.63, 3.8) is 0 Å². The monoisotopic (exact) mass is 393 g/mol. The fourth-order valence-electron chi connectivity index (χ4n) is 4.32. The molecule has 4 rings (SSSR count). The van der Waals surface area contributed by atoms with E-state index in [2.05, 4.69) is 11.0 Å². The molecule has 29 heavy (non-hydrogen) atoms. The van der Waals surface area contributed by atoms with Crippen LogP contribution in [0.2, 0.25) is 0 Å². The zero-order valence-corrected chi connectivity index (χ0v) is 17.0. The van der Waals surface area contributed by atoms with Gasteiger partial charge in [-0.3, -0.25) is 9.59 Å². The Balaban J connectivity index is 1.49. The van der Waals surface area contributed by atoms with Gasteiger partial charge in [0.2, 0.25) is 11.8 Å². The summed E-state index contributed by atoms with van der Waals surface area (Å²) in [7, 11) is 1.66. The summed E-state index contributed by atoms with van der Waals surface area (Å²) in [6, 6.07) is 15.5. The molecule has 0 aromatic heterocycles. The van der Waals surface area contributed by atoms with Gasteiger partial charge in [0.05, 0.1) is 7.11 Å². The Morgan fingerprint density at radius 1 is 0.931 bits per heavy atom. The van der Waals surface area contributed by atoms with Crippen molar-refractivity contribution in [3.8, 4) is 5.75 Å². The third-order valence-corrected chi connectivity index (χ3v) is 5.95. The predicted molar refractivity (Wildman–Crippen MR) is 112 cm³/mol. The van der Waals surface area contributed by atoms with Crippen LogP contribution in [0.5, 0.6) is 5.75 Å². The lowest BCUT2D eigenvalue weighted by Crippen LogP contribution is -2.54. The first-order chi connectivity index (χ1) is 14.1. The molecule has 0 unspecified atom stereocenters. The molecule has 2 aliphatic rings. The number of piperazine rings is 1. The van der Waals surface area contributed by atoms with Crippen LogP contribution in [0.25, 0.3) is 0 Å². The van der Waals surface area contributed by atoms with Crippen molar-refractivity contribution in [3.05, 3.63) is 59.7 Å². The molecule has 2 amide bonds. The summed E-state index contributed by atoms with van der Waals surface area (Å²) in [5.41, 5.74) is 3.27. The van der Waals surface area contributed by atoms with Crippen molar-refractivity contribution in [1.82, 2.24) is 9.80 Å². The van der Waals surface area contributed by atoms with Crippen LogP contribution in [0.1, 0.15) is 24.1 Å². The molecule has 2 heterocycles. The molecule has 152 valence electrons. The highest BCUT2D eigenvalue weighted by molar-refractivity contribution is 5.89. The van der Waals surface area contributed by atoms with Gasteiger partial charge in [-0.2, -0.15) is 0 Å². The molecule has 0 radical (unpaired) electrons. The number of benzene rings is 2. The van der Waals surface area contributed by atoms with Gasteiger partial charge in [-0.1, -0.05) is 24.3 Å².